The van der Waals surface area contributed by atoms with Crippen LogP contribution in [-0.4, -0.2) is 75.6 Å². The summed E-state index contributed by atoms with van der Waals surface area (Å²) in [7, 11) is 1.69. The van der Waals surface area contributed by atoms with Gasteiger partial charge in [0.25, 0.3) is 0 Å². The summed E-state index contributed by atoms with van der Waals surface area (Å²) in [6, 6.07) is 0. The van der Waals surface area contributed by atoms with Gasteiger partial charge in [0.1, 0.15) is 6.10 Å². The molecule has 7 rings (SSSR count). The highest BCUT2D eigenvalue weighted by Crippen LogP contribution is 2.79. The van der Waals surface area contributed by atoms with Gasteiger partial charge in [0.2, 0.25) is 5.91 Å². The largest absolute Gasteiger partial charge is 0.462 e. The van der Waals surface area contributed by atoms with Gasteiger partial charge in [-0.15, -0.1) is 0 Å². The molecule has 0 spiro atoms. The summed E-state index contributed by atoms with van der Waals surface area (Å²) < 4.78 is 22.9. The number of fused-ring (bicyclic) bond motifs is 7. The number of hydrogen-bond acceptors (Lipinski definition) is 6. The van der Waals surface area contributed by atoms with Crippen molar-refractivity contribution in [2.75, 3.05) is 46.6 Å². The van der Waals surface area contributed by atoms with E-state index in [0.29, 0.717) is 67.3 Å². The lowest BCUT2D eigenvalue weighted by molar-refractivity contribution is -0.251. The molecule has 1 amide bonds. The first kappa shape index (κ1) is 37.1. The summed E-state index contributed by atoms with van der Waals surface area (Å²) in [6.07, 6.45) is 16.6. The number of nitrogens with zero attached hydrogens (tertiary/aromatic N) is 1. The van der Waals surface area contributed by atoms with Gasteiger partial charge >= 0.3 is 5.97 Å². The van der Waals surface area contributed by atoms with E-state index in [1.807, 2.05) is 0 Å². The predicted molar refractivity (Wildman–Crippen MR) is 195 cm³/mol. The van der Waals surface area contributed by atoms with Crippen molar-refractivity contribution in [3.63, 3.8) is 0 Å². The van der Waals surface area contributed by atoms with E-state index in [1.165, 1.54) is 51.4 Å². The van der Waals surface area contributed by atoms with Crippen molar-refractivity contribution in [1.82, 2.24) is 4.90 Å². The highest BCUT2D eigenvalue weighted by molar-refractivity contribution is 5.84. The van der Waals surface area contributed by atoms with E-state index >= 15 is 4.79 Å². The lowest BCUT2D eigenvalue weighted by Crippen LogP contribution is -2.67. The van der Waals surface area contributed by atoms with Crippen LogP contribution in [0.5, 0.6) is 0 Å². The Balaban J connectivity index is 1.10. The van der Waals surface area contributed by atoms with Crippen molar-refractivity contribution in [1.29, 1.82) is 0 Å². The molecule has 0 radical (unpaired) electrons. The van der Waals surface area contributed by atoms with Gasteiger partial charge in [-0.3, -0.25) is 9.59 Å². The molecule has 0 aromatic carbocycles. The molecule has 1 heterocycles. The molecule has 1 aliphatic heterocycles. The molecule has 7 fully saturated rings. The number of ether oxygens (including phenoxy) is 4. The van der Waals surface area contributed by atoms with Crippen molar-refractivity contribution in [2.24, 2.45) is 62.1 Å². The molecule has 284 valence electrons. The number of rotatable bonds is 10. The summed E-state index contributed by atoms with van der Waals surface area (Å²) in [5, 5.41) is 0. The first-order valence-electron chi connectivity index (χ1n) is 20.8. The van der Waals surface area contributed by atoms with E-state index in [9.17, 15) is 4.79 Å². The van der Waals surface area contributed by atoms with Crippen LogP contribution in [-0.2, 0) is 28.5 Å². The third-order valence-corrected chi connectivity index (χ3v) is 17.8. The summed E-state index contributed by atoms with van der Waals surface area (Å²) in [4.78, 5) is 29.5. The smallest absolute Gasteiger partial charge is 0.302 e. The van der Waals surface area contributed by atoms with E-state index in [0.717, 1.165) is 51.6 Å². The topological polar surface area (TPSA) is 74.3 Å². The molecule has 0 aromatic rings. The number of amides is 1. The van der Waals surface area contributed by atoms with Crippen molar-refractivity contribution in [3.05, 3.63) is 0 Å². The Bertz CT molecular complexity index is 1270. The van der Waals surface area contributed by atoms with Gasteiger partial charge in [0.15, 0.2) is 0 Å². The number of methoxy groups -OCH3 is 1. The van der Waals surface area contributed by atoms with Gasteiger partial charge < -0.3 is 23.8 Å². The highest BCUT2D eigenvalue weighted by atomic mass is 16.5. The summed E-state index contributed by atoms with van der Waals surface area (Å²) in [5.41, 5.74) is 0.997. The number of hydrogen-bond donors (Lipinski definition) is 0. The second-order valence-corrected chi connectivity index (χ2v) is 20.1. The molecule has 6 saturated carbocycles. The van der Waals surface area contributed by atoms with E-state index in [1.54, 1.807) is 14.0 Å². The van der Waals surface area contributed by atoms with Crippen LogP contribution in [0.2, 0.25) is 0 Å². The SMILES string of the molecule is COCCOCCOC1CCN(C(=O)[C@]23CC[C@@H](C4(C)CC4)[C@@H]2[C@H]2CC[C@@H]4[C@@]5(C)CC[C@H](OC(C)=O)C(C)(C)[C@@H]5CC[C@@]4(C)[C@]2(C)CC3)CC1. The standard InChI is InChI=1S/C43H71NO6/c1-29(45)50-35-13-16-40(5)33(38(35,2)3)12-17-42(7)34(40)10-9-32-36-31(39(4)19-20-39)11-18-43(36,22-21-41(32,42)6)37(46)44-23-14-30(15-24-44)49-28-27-48-26-25-47-8/h30-36H,9-28H2,1-8H3/t31-,32-,33+,34-,35+,36-,40+,41-,42-,43+/m1/s1. The maximum Gasteiger partial charge on any atom is 0.302 e. The maximum absolute atomic E-state index is 15.1. The maximum atomic E-state index is 15.1. The van der Waals surface area contributed by atoms with E-state index in [2.05, 4.69) is 46.4 Å². The van der Waals surface area contributed by atoms with Gasteiger partial charge in [0.05, 0.1) is 37.9 Å². The lowest BCUT2D eigenvalue weighted by atomic mass is 9.32. The van der Waals surface area contributed by atoms with Crippen LogP contribution in [0, 0.1) is 62.1 Å². The van der Waals surface area contributed by atoms with E-state index in [4.69, 9.17) is 18.9 Å². The van der Waals surface area contributed by atoms with Crippen LogP contribution in [0.1, 0.15) is 138 Å². The van der Waals surface area contributed by atoms with Crippen LogP contribution >= 0.6 is 0 Å². The molecule has 0 N–H and O–H groups in total. The van der Waals surface area contributed by atoms with Crippen LogP contribution in [0.4, 0.5) is 0 Å². The van der Waals surface area contributed by atoms with Crippen molar-refractivity contribution >= 4 is 11.9 Å². The molecule has 10 atom stereocenters. The minimum absolute atomic E-state index is 0.0145. The molecule has 50 heavy (non-hydrogen) atoms. The van der Waals surface area contributed by atoms with Crippen LogP contribution in [0.3, 0.4) is 0 Å². The third kappa shape index (κ3) is 5.74. The lowest BCUT2D eigenvalue weighted by Gasteiger charge is -2.73. The summed E-state index contributed by atoms with van der Waals surface area (Å²) in [6.45, 7) is 21.1. The molecule has 0 aromatic heterocycles. The first-order chi connectivity index (χ1) is 23.7. The van der Waals surface area contributed by atoms with E-state index < -0.39 is 0 Å². The predicted octanol–water partition coefficient (Wildman–Crippen LogP) is 8.47. The quantitative estimate of drug-likeness (QED) is 0.169. The van der Waals surface area contributed by atoms with Crippen LogP contribution < -0.4 is 0 Å². The molecule has 7 heteroatoms. The molecule has 7 aliphatic rings. The van der Waals surface area contributed by atoms with Crippen LogP contribution in [0.25, 0.3) is 0 Å². The normalized spacial score (nSPS) is 44.8. The molecule has 1 saturated heterocycles. The first-order valence-corrected chi connectivity index (χ1v) is 20.8. The fraction of sp³-hybridized carbons (Fsp3) is 0.953. The number of carbonyl (C=O) groups excluding carboxylic acids is 2. The van der Waals surface area contributed by atoms with Gasteiger partial charge in [-0.2, -0.15) is 0 Å². The molecule has 7 nitrogen and oxygen atoms in total. The second-order valence-electron chi connectivity index (χ2n) is 20.1. The van der Waals surface area contributed by atoms with Crippen molar-refractivity contribution < 1.29 is 28.5 Å². The minimum atomic E-state index is -0.183. The fourth-order valence-electron chi connectivity index (χ4n) is 14.8. The molecule has 6 aliphatic carbocycles. The Kier molecular flexibility index (Phi) is 9.87. The van der Waals surface area contributed by atoms with Gasteiger partial charge in [-0.05, 0) is 141 Å². The van der Waals surface area contributed by atoms with Crippen LogP contribution in [0.15, 0.2) is 0 Å². The van der Waals surface area contributed by atoms with Gasteiger partial charge in [-0.1, -0.05) is 41.5 Å². The highest BCUT2D eigenvalue weighted by Gasteiger charge is 2.73. The Morgan fingerprint density at radius 1 is 0.680 bits per heavy atom. The van der Waals surface area contributed by atoms with Crippen molar-refractivity contribution in [3.8, 4) is 0 Å². The average Bonchev–Trinajstić information content (AvgIpc) is 3.69. The number of piperidine rings is 1. The molecular formula is C43H71NO6. The zero-order valence-electron chi connectivity index (χ0n) is 33.1. The minimum Gasteiger partial charge on any atom is -0.462 e. The average molecular weight is 698 g/mol. The van der Waals surface area contributed by atoms with E-state index in [-0.39, 0.29) is 45.3 Å². The zero-order valence-corrected chi connectivity index (χ0v) is 33.1. The Morgan fingerprint density at radius 2 is 1.40 bits per heavy atom. The monoisotopic (exact) mass is 698 g/mol. The summed E-state index contributed by atoms with van der Waals surface area (Å²) in [5.74, 6) is 3.43. The number of likely N-dealkylation sites (tertiary alicyclic amines) is 1. The summed E-state index contributed by atoms with van der Waals surface area (Å²) >= 11 is 0. The number of carbonyl (C=O) groups is 2. The number of esters is 1. The molecule has 0 bridgehead atoms. The Hall–Kier alpha value is -1.18. The Morgan fingerprint density at radius 3 is 2.08 bits per heavy atom. The Labute approximate surface area is 304 Å². The molecule has 0 unspecified atom stereocenters. The second kappa shape index (κ2) is 13.3. The fourth-order valence-corrected chi connectivity index (χ4v) is 14.8. The van der Waals surface area contributed by atoms with Crippen molar-refractivity contribution in [2.45, 2.75) is 151 Å². The van der Waals surface area contributed by atoms with Gasteiger partial charge in [-0.25, -0.2) is 0 Å². The third-order valence-electron chi connectivity index (χ3n) is 17.8. The van der Waals surface area contributed by atoms with Gasteiger partial charge in [0, 0.05) is 32.5 Å². The molecular weight excluding hydrogens is 626 g/mol. The zero-order chi connectivity index (χ0) is 35.7.